The van der Waals surface area contributed by atoms with Crippen LogP contribution in [0.15, 0.2) is 60.7 Å². The molecule has 2 N–H and O–H groups in total. The van der Waals surface area contributed by atoms with Gasteiger partial charge in [-0.2, -0.15) is 0 Å². The van der Waals surface area contributed by atoms with E-state index < -0.39 is 17.7 Å². The van der Waals surface area contributed by atoms with Gasteiger partial charge in [-0.15, -0.1) is 0 Å². The van der Waals surface area contributed by atoms with E-state index in [0.717, 1.165) is 36.8 Å². The van der Waals surface area contributed by atoms with Crippen LogP contribution in [-0.2, 0) is 32.1 Å². The van der Waals surface area contributed by atoms with E-state index in [1.54, 1.807) is 0 Å². The molecule has 0 bridgehead atoms. The quantitative estimate of drug-likeness (QED) is 0.482. The van der Waals surface area contributed by atoms with E-state index in [1.165, 1.54) is 0 Å². The SMILES string of the molecule is CC(C)(C)OC(=O)CC1CCC(NC(=O)C(Cc2ccccc2)NC(=O)OCc2ccccc2)CC1. The topological polar surface area (TPSA) is 93.7 Å². The minimum atomic E-state index is -0.754. The van der Waals surface area contributed by atoms with Crippen LogP contribution >= 0.6 is 0 Å². The molecule has 3 rings (SSSR count). The van der Waals surface area contributed by atoms with Crippen LogP contribution in [0.3, 0.4) is 0 Å². The molecule has 0 spiro atoms. The summed E-state index contributed by atoms with van der Waals surface area (Å²) in [5.41, 5.74) is 1.34. The van der Waals surface area contributed by atoms with E-state index in [-0.39, 0.29) is 30.4 Å². The molecule has 2 aromatic carbocycles. The molecular formula is C29H38N2O5. The summed E-state index contributed by atoms with van der Waals surface area (Å²) in [6, 6.07) is 18.2. The van der Waals surface area contributed by atoms with Crippen LogP contribution in [0.4, 0.5) is 4.79 Å². The standard InChI is InChI=1S/C29H38N2O5/c1-29(2,3)36-26(32)19-22-14-16-24(17-15-22)30-27(33)25(18-21-10-6-4-7-11-21)31-28(34)35-20-23-12-8-5-9-13-23/h4-13,22,24-25H,14-20H2,1-3H3,(H,30,33)(H,31,34). The maximum atomic E-state index is 13.2. The van der Waals surface area contributed by atoms with Gasteiger partial charge in [0.2, 0.25) is 5.91 Å². The number of benzene rings is 2. The molecule has 2 amide bonds. The number of alkyl carbamates (subject to hydrolysis) is 1. The molecule has 1 aliphatic carbocycles. The fourth-order valence-electron chi connectivity index (χ4n) is 4.40. The Hall–Kier alpha value is -3.35. The van der Waals surface area contributed by atoms with Gasteiger partial charge in [-0.3, -0.25) is 9.59 Å². The van der Waals surface area contributed by atoms with Crippen molar-refractivity contribution in [3.05, 3.63) is 71.8 Å². The lowest BCUT2D eigenvalue weighted by Crippen LogP contribution is -2.51. The van der Waals surface area contributed by atoms with E-state index in [0.29, 0.717) is 12.8 Å². The van der Waals surface area contributed by atoms with Crippen LogP contribution in [0.25, 0.3) is 0 Å². The number of hydrogen-bond donors (Lipinski definition) is 2. The van der Waals surface area contributed by atoms with Crippen molar-refractivity contribution in [2.24, 2.45) is 5.92 Å². The minimum absolute atomic E-state index is 0.00722. The highest BCUT2D eigenvalue weighted by molar-refractivity contribution is 5.86. The zero-order valence-corrected chi connectivity index (χ0v) is 21.5. The third kappa shape index (κ3) is 9.72. The van der Waals surface area contributed by atoms with E-state index in [9.17, 15) is 14.4 Å². The number of rotatable bonds is 9. The summed E-state index contributed by atoms with van der Waals surface area (Å²) in [5, 5.41) is 5.85. The Balaban J connectivity index is 1.52. The van der Waals surface area contributed by atoms with Crippen molar-refractivity contribution in [1.82, 2.24) is 10.6 Å². The maximum Gasteiger partial charge on any atom is 0.408 e. The second-order valence-electron chi connectivity index (χ2n) is 10.5. The second kappa shape index (κ2) is 13.1. The van der Waals surface area contributed by atoms with Gasteiger partial charge < -0.3 is 20.1 Å². The lowest BCUT2D eigenvalue weighted by molar-refractivity contribution is -0.156. The van der Waals surface area contributed by atoms with Crippen molar-refractivity contribution in [1.29, 1.82) is 0 Å². The third-order valence-electron chi connectivity index (χ3n) is 6.17. The molecule has 0 aromatic heterocycles. The number of carbonyl (C=O) groups excluding carboxylic acids is 3. The van der Waals surface area contributed by atoms with Crippen LogP contribution in [0, 0.1) is 5.92 Å². The first-order valence-corrected chi connectivity index (χ1v) is 12.7. The van der Waals surface area contributed by atoms with Gasteiger partial charge in [-0.1, -0.05) is 60.7 Å². The number of hydrogen-bond acceptors (Lipinski definition) is 5. The molecule has 1 atom stereocenters. The molecule has 1 unspecified atom stereocenters. The Kier molecular flexibility index (Phi) is 9.91. The van der Waals surface area contributed by atoms with Gasteiger partial charge >= 0.3 is 12.1 Å². The van der Waals surface area contributed by atoms with Gasteiger partial charge in [0.15, 0.2) is 0 Å². The number of carbonyl (C=O) groups is 3. The van der Waals surface area contributed by atoms with Crippen molar-refractivity contribution in [3.8, 4) is 0 Å². The molecule has 0 aliphatic heterocycles. The molecule has 7 heteroatoms. The lowest BCUT2D eigenvalue weighted by atomic mass is 9.84. The molecule has 2 aromatic rings. The first kappa shape index (κ1) is 27.2. The van der Waals surface area contributed by atoms with E-state index >= 15 is 0 Å². The average Bonchev–Trinajstić information content (AvgIpc) is 2.83. The highest BCUT2D eigenvalue weighted by Crippen LogP contribution is 2.28. The Labute approximate surface area is 213 Å². The Morgan fingerprint density at radius 3 is 2.06 bits per heavy atom. The van der Waals surface area contributed by atoms with Gasteiger partial charge in [0.1, 0.15) is 18.2 Å². The predicted octanol–water partition coefficient (Wildman–Crippen LogP) is 4.93. The Morgan fingerprint density at radius 1 is 0.889 bits per heavy atom. The monoisotopic (exact) mass is 494 g/mol. The van der Waals surface area contributed by atoms with Crippen LogP contribution in [-0.4, -0.2) is 35.7 Å². The van der Waals surface area contributed by atoms with E-state index in [4.69, 9.17) is 9.47 Å². The normalized spacial score (nSPS) is 18.5. The fourth-order valence-corrected chi connectivity index (χ4v) is 4.40. The molecular weight excluding hydrogens is 456 g/mol. The summed E-state index contributed by atoms with van der Waals surface area (Å²) in [4.78, 5) is 37.8. The van der Waals surface area contributed by atoms with Gasteiger partial charge in [0.05, 0.1) is 0 Å². The van der Waals surface area contributed by atoms with Gasteiger partial charge in [0.25, 0.3) is 0 Å². The van der Waals surface area contributed by atoms with Gasteiger partial charge in [-0.05, 0) is 63.5 Å². The Bertz CT molecular complexity index is 980. The minimum Gasteiger partial charge on any atom is -0.460 e. The second-order valence-corrected chi connectivity index (χ2v) is 10.5. The zero-order valence-electron chi connectivity index (χ0n) is 21.5. The molecule has 194 valence electrons. The van der Waals surface area contributed by atoms with E-state index in [1.807, 2.05) is 81.4 Å². The zero-order chi connectivity index (χ0) is 26.0. The molecule has 1 fully saturated rings. The molecule has 0 heterocycles. The average molecular weight is 495 g/mol. The largest absolute Gasteiger partial charge is 0.460 e. The van der Waals surface area contributed by atoms with Gasteiger partial charge in [0, 0.05) is 18.9 Å². The third-order valence-corrected chi connectivity index (χ3v) is 6.17. The van der Waals surface area contributed by atoms with Gasteiger partial charge in [-0.25, -0.2) is 4.79 Å². The molecule has 1 saturated carbocycles. The maximum absolute atomic E-state index is 13.2. The van der Waals surface area contributed by atoms with Crippen LogP contribution in [0.2, 0.25) is 0 Å². The smallest absolute Gasteiger partial charge is 0.408 e. The van der Waals surface area contributed by atoms with E-state index in [2.05, 4.69) is 10.6 Å². The van der Waals surface area contributed by atoms with Crippen molar-refractivity contribution in [2.45, 2.75) is 83.6 Å². The first-order chi connectivity index (χ1) is 17.2. The van der Waals surface area contributed by atoms with Crippen molar-refractivity contribution in [2.75, 3.05) is 0 Å². The molecule has 0 radical (unpaired) electrons. The number of esters is 1. The summed E-state index contributed by atoms with van der Waals surface area (Å²) < 4.78 is 10.8. The number of ether oxygens (including phenoxy) is 2. The molecule has 1 aliphatic rings. The van der Waals surface area contributed by atoms with Crippen LogP contribution in [0.5, 0.6) is 0 Å². The molecule has 7 nitrogen and oxygen atoms in total. The number of amides is 2. The molecule has 36 heavy (non-hydrogen) atoms. The first-order valence-electron chi connectivity index (χ1n) is 12.7. The summed E-state index contributed by atoms with van der Waals surface area (Å²) in [6.45, 7) is 5.74. The van der Waals surface area contributed by atoms with Crippen LogP contribution < -0.4 is 10.6 Å². The highest BCUT2D eigenvalue weighted by atomic mass is 16.6. The fraction of sp³-hybridized carbons (Fsp3) is 0.483. The Morgan fingerprint density at radius 2 is 1.47 bits per heavy atom. The van der Waals surface area contributed by atoms with Crippen LogP contribution in [0.1, 0.15) is 64.0 Å². The number of nitrogens with one attached hydrogen (secondary N) is 2. The predicted molar refractivity (Wildman–Crippen MR) is 138 cm³/mol. The van der Waals surface area contributed by atoms with Crippen molar-refractivity contribution in [3.63, 3.8) is 0 Å². The van der Waals surface area contributed by atoms with Crippen molar-refractivity contribution < 1.29 is 23.9 Å². The molecule has 0 saturated heterocycles. The summed E-state index contributed by atoms with van der Waals surface area (Å²) >= 11 is 0. The van der Waals surface area contributed by atoms with Crippen molar-refractivity contribution >= 4 is 18.0 Å². The lowest BCUT2D eigenvalue weighted by Gasteiger charge is -2.30. The summed E-state index contributed by atoms with van der Waals surface area (Å²) in [6.07, 6.45) is 3.41. The highest BCUT2D eigenvalue weighted by Gasteiger charge is 2.29. The summed E-state index contributed by atoms with van der Waals surface area (Å²) in [7, 11) is 0. The summed E-state index contributed by atoms with van der Waals surface area (Å²) in [5.74, 6) is -0.138.